The lowest BCUT2D eigenvalue weighted by molar-refractivity contribution is 0.766. The van der Waals surface area contributed by atoms with Crippen LogP contribution >= 0.6 is 0 Å². The highest BCUT2D eigenvalue weighted by Gasteiger charge is 2.30. The first-order valence-electron chi connectivity index (χ1n) is 9.86. The highest BCUT2D eigenvalue weighted by atomic mass is 15.4. The molecule has 2 fully saturated rings. The van der Waals surface area contributed by atoms with E-state index in [0.29, 0.717) is 11.8 Å². The van der Waals surface area contributed by atoms with Gasteiger partial charge in [0.25, 0.3) is 0 Å². The third kappa shape index (κ3) is 3.06. The maximum absolute atomic E-state index is 4.95. The summed E-state index contributed by atoms with van der Waals surface area (Å²) in [7, 11) is 0. The summed E-state index contributed by atoms with van der Waals surface area (Å²) in [6.07, 6.45) is 5.16. The number of rotatable bonds is 5. The standard InChI is InChI=1S/C22H30N4/c1-13-11-15(3)25(21(13)19-7-8-19)23-17(5)18(6)24-26-16(4)12-14(2)22(26)20-9-10-20/h11-12,19-20H,7-10H2,1-6H3/b23-17-,24-18-. The lowest BCUT2D eigenvalue weighted by Crippen LogP contribution is -2.13. The first kappa shape index (κ1) is 17.3. The van der Waals surface area contributed by atoms with Crippen LogP contribution in [0.25, 0.3) is 0 Å². The smallest absolute Gasteiger partial charge is 0.0812 e. The van der Waals surface area contributed by atoms with Crippen molar-refractivity contribution in [2.24, 2.45) is 10.2 Å². The Labute approximate surface area is 156 Å². The van der Waals surface area contributed by atoms with Crippen LogP contribution in [0.4, 0.5) is 0 Å². The molecule has 4 rings (SSSR count). The molecule has 2 aliphatic carbocycles. The normalized spacial score (nSPS) is 18.7. The maximum atomic E-state index is 4.95. The van der Waals surface area contributed by atoms with Gasteiger partial charge in [0, 0.05) is 34.6 Å². The van der Waals surface area contributed by atoms with Crippen molar-refractivity contribution in [3.63, 3.8) is 0 Å². The van der Waals surface area contributed by atoms with Crippen LogP contribution in [-0.2, 0) is 0 Å². The third-order valence-corrected chi connectivity index (χ3v) is 5.74. The Kier molecular flexibility index (Phi) is 4.17. The van der Waals surface area contributed by atoms with Crippen molar-refractivity contribution < 1.29 is 0 Å². The predicted molar refractivity (Wildman–Crippen MR) is 109 cm³/mol. The van der Waals surface area contributed by atoms with Crippen LogP contribution in [0.3, 0.4) is 0 Å². The summed E-state index contributed by atoms with van der Waals surface area (Å²) in [6, 6.07) is 4.50. The van der Waals surface area contributed by atoms with Gasteiger partial charge < -0.3 is 0 Å². The zero-order valence-electron chi connectivity index (χ0n) is 16.9. The summed E-state index contributed by atoms with van der Waals surface area (Å²) in [4.78, 5) is 0. The van der Waals surface area contributed by atoms with E-state index < -0.39 is 0 Å². The van der Waals surface area contributed by atoms with Gasteiger partial charge >= 0.3 is 0 Å². The van der Waals surface area contributed by atoms with Gasteiger partial charge in [-0.05, 0) is 90.5 Å². The van der Waals surface area contributed by atoms with E-state index in [9.17, 15) is 0 Å². The second-order valence-electron chi connectivity index (χ2n) is 8.25. The molecule has 0 atom stereocenters. The van der Waals surface area contributed by atoms with Crippen LogP contribution in [-0.4, -0.2) is 20.8 Å². The van der Waals surface area contributed by atoms with Crippen molar-refractivity contribution in [3.05, 3.63) is 46.0 Å². The summed E-state index contributed by atoms with van der Waals surface area (Å²) in [5, 5.41) is 9.91. The minimum absolute atomic E-state index is 0.688. The topological polar surface area (TPSA) is 34.6 Å². The monoisotopic (exact) mass is 350 g/mol. The SMILES string of the molecule is CC(=N/n1c(C)cc(C)c1C1CC1)/C(C)=N\n1c(C)cc(C)c1C1CC1. The number of aryl methyl sites for hydroxylation is 4. The van der Waals surface area contributed by atoms with E-state index in [1.807, 2.05) is 0 Å². The summed E-state index contributed by atoms with van der Waals surface area (Å²) in [6.45, 7) is 12.9. The molecule has 2 heterocycles. The largest absolute Gasteiger partial charge is 0.241 e. The molecular formula is C22H30N4. The molecule has 0 spiro atoms. The Balaban J connectivity index is 1.70. The molecule has 138 valence electrons. The van der Waals surface area contributed by atoms with Crippen LogP contribution in [0.2, 0.25) is 0 Å². The van der Waals surface area contributed by atoms with E-state index in [2.05, 4.69) is 63.0 Å². The fourth-order valence-corrected chi connectivity index (χ4v) is 4.02. The Morgan fingerprint density at radius 2 is 1.08 bits per heavy atom. The van der Waals surface area contributed by atoms with Gasteiger partial charge in [-0.1, -0.05) is 0 Å². The zero-order chi connectivity index (χ0) is 18.6. The molecule has 0 radical (unpaired) electrons. The van der Waals surface area contributed by atoms with Gasteiger partial charge in [-0.3, -0.25) is 0 Å². The average molecular weight is 351 g/mol. The van der Waals surface area contributed by atoms with Gasteiger partial charge in [0.05, 0.1) is 11.4 Å². The molecule has 0 amide bonds. The van der Waals surface area contributed by atoms with Crippen molar-refractivity contribution in [1.82, 2.24) is 9.35 Å². The number of hydrogen-bond acceptors (Lipinski definition) is 2. The molecule has 4 heteroatoms. The van der Waals surface area contributed by atoms with Gasteiger partial charge in [0.15, 0.2) is 0 Å². The Morgan fingerprint density at radius 1 is 0.731 bits per heavy atom. The number of hydrogen-bond donors (Lipinski definition) is 0. The minimum atomic E-state index is 0.688. The molecule has 0 unspecified atom stereocenters. The molecule has 26 heavy (non-hydrogen) atoms. The van der Waals surface area contributed by atoms with Gasteiger partial charge in [0.1, 0.15) is 0 Å². The van der Waals surface area contributed by atoms with E-state index in [4.69, 9.17) is 10.2 Å². The van der Waals surface area contributed by atoms with Gasteiger partial charge in [-0.25, -0.2) is 9.35 Å². The first-order chi connectivity index (χ1) is 12.4. The van der Waals surface area contributed by atoms with Crippen LogP contribution in [0.15, 0.2) is 22.3 Å². The Bertz CT molecular complexity index is 838. The second kappa shape index (κ2) is 6.26. The highest BCUT2D eigenvalue weighted by molar-refractivity contribution is 6.40. The molecule has 4 nitrogen and oxygen atoms in total. The first-order valence-corrected chi connectivity index (χ1v) is 9.86. The van der Waals surface area contributed by atoms with Gasteiger partial charge in [-0.15, -0.1) is 0 Å². The predicted octanol–water partition coefficient (Wildman–Crippen LogP) is 5.43. The lowest BCUT2D eigenvalue weighted by Gasteiger charge is -2.10. The van der Waals surface area contributed by atoms with Crippen molar-refractivity contribution in [2.75, 3.05) is 0 Å². The molecular weight excluding hydrogens is 320 g/mol. The molecule has 0 N–H and O–H groups in total. The molecule has 2 aliphatic rings. The van der Waals surface area contributed by atoms with Crippen molar-refractivity contribution in [2.45, 2.75) is 79.1 Å². The van der Waals surface area contributed by atoms with Crippen LogP contribution in [0.1, 0.15) is 85.3 Å². The van der Waals surface area contributed by atoms with E-state index in [0.717, 1.165) is 11.4 Å². The van der Waals surface area contributed by atoms with E-state index >= 15 is 0 Å². The summed E-state index contributed by atoms with van der Waals surface area (Å²) in [5.41, 5.74) is 9.90. The molecule has 0 aromatic carbocycles. The number of nitrogens with zero attached hydrogens (tertiary/aromatic N) is 4. The fourth-order valence-electron chi connectivity index (χ4n) is 4.02. The fraction of sp³-hybridized carbons (Fsp3) is 0.545. The quantitative estimate of drug-likeness (QED) is 0.645. The van der Waals surface area contributed by atoms with Gasteiger partial charge in [-0.2, -0.15) is 10.2 Å². The highest BCUT2D eigenvalue weighted by Crippen LogP contribution is 2.43. The van der Waals surface area contributed by atoms with E-state index in [1.54, 1.807) is 0 Å². The Hall–Kier alpha value is -2.10. The molecule has 0 bridgehead atoms. The van der Waals surface area contributed by atoms with Crippen molar-refractivity contribution in [3.8, 4) is 0 Å². The van der Waals surface area contributed by atoms with Crippen LogP contribution in [0.5, 0.6) is 0 Å². The van der Waals surface area contributed by atoms with Crippen molar-refractivity contribution in [1.29, 1.82) is 0 Å². The third-order valence-electron chi connectivity index (χ3n) is 5.74. The average Bonchev–Trinajstić information content (AvgIpc) is 3.47. The zero-order valence-corrected chi connectivity index (χ0v) is 16.9. The van der Waals surface area contributed by atoms with Crippen LogP contribution < -0.4 is 0 Å². The minimum Gasteiger partial charge on any atom is -0.241 e. The van der Waals surface area contributed by atoms with E-state index in [1.165, 1.54) is 59.6 Å². The second-order valence-corrected chi connectivity index (χ2v) is 8.25. The maximum Gasteiger partial charge on any atom is 0.0812 e. The molecule has 0 aliphatic heterocycles. The van der Waals surface area contributed by atoms with Crippen molar-refractivity contribution >= 4 is 11.4 Å². The summed E-state index contributed by atoms with van der Waals surface area (Å²) < 4.78 is 4.30. The molecule has 0 saturated heterocycles. The summed E-state index contributed by atoms with van der Waals surface area (Å²) >= 11 is 0. The number of aromatic nitrogens is 2. The van der Waals surface area contributed by atoms with E-state index in [-0.39, 0.29) is 0 Å². The Morgan fingerprint density at radius 3 is 1.38 bits per heavy atom. The van der Waals surface area contributed by atoms with Crippen LogP contribution in [0, 0.1) is 27.7 Å². The lowest BCUT2D eigenvalue weighted by atomic mass is 10.2. The molecule has 2 aromatic rings. The summed E-state index contributed by atoms with van der Waals surface area (Å²) in [5.74, 6) is 1.38. The molecule has 2 aromatic heterocycles. The molecule has 2 saturated carbocycles. The van der Waals surface area contributed by atoms with Gasteiger partial charge in [0.2, 0.25) is 0 Å².